The van der Waals surface area contributed by atoms with Crippen LogP contribution in [0, 0.1) is 11.8 Å². The van der Waals surface area contributed by atoms with Crippen LogP contribution in [0.5, 0.6) is 0 Å². The van der Waals surface area contributed by atoms with Gasteiger partial charge in [0.05, 0.1) is 34.1 Å². The summed E-state index contributed by atoms with van der Waals surface area (Å²) in [7, 11) is -7.31. The molecule has 2 atom stereocenters. The maximum Gasteiger partial charge on any atom is 0.338 e. The number of benzene rings is 2. The average Bonchev–Trinajstić information content (AvgIpc) is 3.49. The molecular weight excluding hydrogens is 615 g/mol. The van der Waals surface area contributed by atoms with Crippen LogP contribution >= 0.6 is 23.2 Å². The first-order valence-corrected chi connectivity index (χ1v) is 16.8. The Balaban J connectivity index is 1.54. The van der Waals surface area contributed by atoms with E-state index in [1.165, 1.54) is 57.1 Å². The largest absolute Gasteiger partial charge is 0.462 e. The second-order valence-electron chi connectivity index (χ2n) is 9.31. The number of alkyl halides is 2. The molecule has 0 amide bonds. The maximum absolute atomic E-state index is 12.6. The van der Waals surface area contributed by atoms with E-state index in [4.69, 9.17) is 32.7 Å². The van der Waals surface area contributed by atoms with Crippen LogP contribution in [0.1, 0.15) is 48.4 Å². The number of ether oxygens (including phenoxy) is 2. The molecule has 0 N–H and O–H groups in total. The third-order valence-corrected chi connectivity index (χ3v) is 12.3. The van der Waals surface area contributed by atoms with Crippen LogP contribution in [-0.2, 0) is 29.5 Å². The van der Waals surface area contributed by atoms with Crippen molar-refractivity contribution in [2.24, 2.45) is 11.8 Å². The summed E-state index contributed by atoms with van der Waals surface area (Å²) in [5.41, 5.74) is 0.321. The summed E-state index contributed by atoms with van der Waals surface area (Å²) in [6.45, 7) is 8.01. The minimum atomic E-state index is -3.65. The summed E-state index contributed by atoms with van der Waals surface area (Å²) in [6.07, 6.45) is 0. The fourth-order valence-electron chi connectivity index (χ4n) is 4.36. The molecule has 0 bridgehead atoms. The predicted molar refractivity (Wildman–Crippen MR) is 155 cm³/mol. The molecule has 41 heavy (non-hydrogen) atoms. The van der Waals surface area contributed by atoms with Crippen LogP contribution in [-0.4, -0.2) is 81.1 Å². The number of halogens is 2. The van der Waals surface area contributed by atoms with Gasteiger partial charge in [0.1, 0.15) is 4.33 Å². The van der Waals surface area contributed by atoms with Gasteiger partial charge in [-0.1, -0.05) is 27.7 Å². The highest BCUT2D eigenvalue weighted by Crippen LogP contribution is 2.59. The van der Waals surface area contributed by atoms with Gasteiger partial charge in [0.15, 0.2) is 0 Å². The summed E-state index contributed by atoms with van der Waals surface area (Å²) in [6, 6.07) is 10.9. The topological polar surface area (TPSA) is 127 Å². The molecule has 2 aromatic rings. The highest BCUT2D eigenvalue weighted by molar-refractivity contribution is 7.89. The molecule has 1 saturated carbocycles. The van der Waals surface area contributed by atoms with Gasteiger partial charge in [-0.2, -0.15) is 8.61 Å². The predicted octanol–water partition coefficient (Wildman–Crippen LogP) is 4.18. The van der Waals surface area contributed by atoms with Crippen molar-refractivity contribution in [1.29, 1.82) is 0 Å². The van der Waals surface area contributed by atoms with Gasteiger partial charge in [-0.15, -0.1) is 23.2 Å². The van der Waals surface area contributed by atoms with Crippen molar-refractivity contribution in [2.75, 3.05) is 39.4 Å². The van der Waals surface area contributed by atoms with E-state index < -0.39 is 48.2 Å². The molecule has 0 spiro atoms. The van der Waals surface area contributed by atoms with E-state index >= 15 is 0 Å². The van der Waals surface area contributed by atoms with E-state index in [-0.39, 0.29) is 34.1 Å². The van der Waals surface area contributed by atoms with Gasteiger partial charge in [-0.25, -0.2) is 26.4 Å². The van der Waals surface area contributed by atoms with Crippen LogP contribution in [0.3, 0.4) is 0 Å². The van der Waals surface area contributed by atoms with Crippen molar-refractivity contribution in [3.63, 3.8) is 0 Å². The molecule has 1 aliphatic rings. The van der Waals surface area contributed by atoms with Crippen LogP contribution < -0.4 is 0 Å². The Labute approximate surface area is 251 Å². The molecule has 10 nitrogen and oxygen atoms in total. The highest BCUT2D eigenvalue weighted by atomic mass is 35.5. The Kier molecular flexibility index (Phi) is 10.9. The van der Waals surface area contributed by atoms with Gasteiger partial charge < -0.3 is 9.47 Å². The van der Waals surface area contributed by atoms with Crippen LogP contribution in [0.2, 0.25) is 0 Å². The maximum atomic E-state index is 12.6. The van der Waals surface area contributed by atoms with Crippen molar-refractivity contribution in [1.82, 2.24) is 8.61 Å². The van der Waals surface area contributed by atoms with Crippen molar-refractivity contribution in [3.8, 4) is 0 Å². The van der Waals surface area contributed by atoms with E-state index in [1.54, 1.807) is 27.7 Å². The summed E-state index contributed by atoms with van der Waals surface area (Å²) in [4.78, 5) is 25.2. The second-order valence-corrected chi connectivity index (χ2v) is 14.6. The first kappa shape index (κ1) is 33.3. The standard InChI is InChI=1S/C27H34Cl2N2O8S2/c1-5-30(6-2)40(34,35)21-13-9-19(10-14-21)25(32)38-17-23-24(27(23,28)29)18-39-26(33)20-11-15-22(16-12-20)41(36,37)31(7-3)8-4/h9-16,23-24H,5-8,17-18H2,1-4H3. The quantitative estimate of drug-likeness (QED) is 0.220. The first-order valence-electron chi connectivity index (χ1n) is 13.2. The Bertz CT molecular complexity index is 1330. The fraction of sp³-hybridized carbons (Fsp3) is 0.481. The molecule has 14 heteroatoms. The minimum absolute atomic E-state index is 0.0718. The first-order chi connectivity index (χ1) is 19.2. The second kappa shape index (κ2) is 13.4. The zero-order valence-electron chi connectivity index (χ0n) is 23.2. The van der Waals surface area contributed by atoms with Crippen molar-refractivity contribution in [3.05, 3.63) is 59.7 Å². The number of nitrogens with zero attached hydrogens (tertiary/aromatic N) is 2. The lowest BCUT2D eigenvalue weighted by Gasteiger charge is -2.18. The molecule has 0 heterocycles. The van der Waals surface area contributed by atoms with Crippen LogP contribution in [0.15, 0.2) is 58.3 Å². The smallest absolute Gasteiger partial charge is 0.338 e. The SMILES string of the molecule is CCN(CC)S(=O)(=O)c1ccc(C(=O)OCC2C(COC(=O)c3ccc(S(=O)(=O)N(CC)CC)cc3)C2(Cl)Cl)cc1. The number of carbonyl (C=O) groups excluding carboxylic acids is 2. The third kappa shape index (κ3) is 7.23. The lowest BCUT2D eigenvalue weighted by molar-refractivity contribution is 0.0419. The molecule has 0 radical (unpaired) electrons. The number of rotatable bonds is 14. The van der Waals surface area contributed by atoms with Crippen LogP contribution in [0.4, 0.5) is 0 Å². The van der Waals surface area contributed by atoms with Gasteiger partial charge in [0.25, 0.3) is 0 Å². The van der Waals surface area contributed by atoms with E-state index in [2.05, 4.69) is 0 Å². The number of hydrogen-bond acceptors (Lipinski definition) is 8. The molecule has 1 fully saturated rings. The number of carbonyl (C=O) groups is 2. The normalized spacial score (nSPS) is 18.3. The molecule has 226 valence electrons. The number of esters is 2. The molecule has 1 aliphatic carbocycles. The summed E-state index contributed by atoms with van der Waals surface area (Å²) >= 11 is 12.7. The van der Waals surface area contributed by atoms with Crippen molar-refractivity contribution >= 4 is 55.2 Å². The molecule has 0 saturated heterocycles. The molecule has 0 aliphatic heterocycles. The Morgan fingerprint density at radius 3 is 1.22 bits per heavy atom. The van der Waals surface area contributed by atoms with Crippen LogP contribution in [0.25, 0.3) is 0 Å². The summed E-state index contributed by atoms with van der Waals surface area (Å²) < 4.78 is 62.5. The minimum Gasteiger partial charge on any atom is -0.462 e. The molecule has 2 unspecified atom stereocenters. The van der Waals surface area contributed by atoms with Gasteiger partial charge in [-0.3, -0.25) is 0 Å². The fourth-order valence-corrected chi connectivity index (χ4v) is 8.01. The van der Waals surface area contributed by atoms with Gasteiger partial charge in [-0.05, 0) is 48.5 Å². The zero-order valence-corrected chi connectivity index (χ0v) is 26.4. The highest BCUT2D eigenvalue weighted by Gasteiger charge is 2.64. The molecule has 0 aromatic heterocycles. The van der Waals surface area contributed by atoms with E-state index in [0.29, 0.717) is 26.2 Å². The van der Waals surface area contributed by atoms with Crippen molar-refractivity contribution in [2.45, 2.75) is 41.8 Å². The molecule has 2 aromatic carbocycles. The van der Waals surface area contributed by atoms with E-state index in [1.807, 2.05) is 0 Å². The molecule has 3 rings (SSSR count). The van der Waals surface area contributed by atoms with Gasteiger partial charge in [0.2, 0.25) is 20.0 Å². The third-order valence-electron chi connectivity index (χ3n) is 7.02. The number of hydrogen-bond donors (Lipinski definition) is 0. The zero-order chi connectivity index (χ0) is 30.6. The summed E-state index contributed by atoms with van der Waals surface area (Å²) in [5.74, 6) is -2.34. The van der Waals surface area contributed by atoms with Crippen molar-refractivity contribution < 1.29 is 35.9 Å². The monoisotopic (exact) mass is 648 g/mol. The van der Waals surface area contributed by atoms with E-state index in [9.17, 15) is 26.4 Å². The average molecular weight is 650 g/mol. The molecular formula is C27H34Cl2N2O8S2. The number of sulfonamides is 2. The van der Waals surface area contributed by atoms with Gasteiger partial charge in [0, 0.05) is 38.0 Å². The summed E-state index contributed by atoms with van der Waals surface area (Å²) in [5, 5.41) is 0. The Morgan fingerprint density at radius 1 is 0.659 bits per heavy atom. The lowest BCUT2D eigenvalue weighted by Crippen LogP contribution is -2.30. The lowest BCUT2D eigenvalue weighted by atomic mass is 10.2. The van der Waals surface area contributed by atoms with E-state index in [0.717, 1.165) is 0 Å². The Hall–Kier alpha value is -2.22. The Morgan fingerprint density at radius 2 is 0.951 bits per heavy atom. The van der Waals surface area contributed by atoms with Gasteiger partial charge >= 0.3 is 11.9 Å².